The quantitative estimate of drug-likeness (QED) is 0.866. The van der Waals surface area contributed by atoms with Crippen LogP contribution in [0.25, 0.3) is 0 Å². The van der Waals surface area contributed by atoms with Gasteiger partial charge in [-0.15, -0.1) is 5.10 Å². The molecule has 1 atom stereocenters. The summed E-state index contributed by atoms with van der Waals surface area (Å²) >= 11 is 1.03. The first kappa shape index (κ1) is 17.6. The third-order valence-electron chi connectivity index (χ3n) is 2.51. The predicted octanol–water partition coefficient (Wildman–Crippen LogP) is 2.30. The zero-order chi connectivity index (χ0) is 16.4. The van der Waals surface area contributed by atoms with Crippen LogP contribution >= 0.6 is 11.5 Å². The van der Waals surface area contributed by atoms with Gasteiger partial charge < -0.3 is 10.1 Å². The molecule has 1 N–H and O–H groups in total. The first-order valence-electron chi connectivity index (χ1n) is 6.78. The Kier molecular flexibility index (Phi) is 5.09. The molecule has 1 rings (SSSR count). The van der Waals surface area contributed by atoms with Crippen molar-refractivity contribution >= 4 is 23.4 Å². The molecule has 1 heterocycles. The van der Waals surface area contributed by atoms with Gasteiger partial charge in [-0.2, -0.15) is 0 Å². The number of hydrogen-bond acceptors (Lipinski definition) is 6. The van der Waals surface area contributed by atoms with Crippen LogP contribution in [0, 0.1) is 0 Å². The first-order valence-corrected chi connectivity index (χ1v) is 7.55. The number of amides is 1. The lowest BCUT2D eigenvalue weighted by atomic mass is 9.91. The predicted molar refractivity (Wildman–Crippen MR) is 81.4 cm³/mol. The smallest absolute Gasteiger partial charge is 0.328 e. The SMILES string of the molecule is C[C@H](NC(=O)c1snnc1C(C)(C)C)C(=O)OC(C)(C)C. The van der Waals surface area contributed by atoms with E-state index < -0.39 is 17.6 Å². The Morgan fingerprint density at radius 3 is 2.24 bits per heavy atom. The summed E-state index contributed by atoms with van der Waals surface area (Å²) in [6, 6.07) is -0.730. The Hall–Kier alpha value is -1.50. The van der Waals surface area contributed by atoms with E-state index in [4.69, 9.17) is 4.74 Å². The summed E-state index contributed by atoms with van der Waals surface area (Å²) in [5.41, 5.74) is -0.241. The average Bonchev–Trinajstić information content (AvgIpc) is 2.74. The molecule has 1 amide bonds. The molecule has 0 aliphatic carbocycles. The Morgan fingerprint density at radius 1 is 1.19 bits per heavy atom. The highest BCUT2D eigenvalue weighted by atomic mass is 32.1. The summed E-state index contributed by atoms with van der Waals surface area (Å²) in [4.78, 5) is 24.6. The van der Waals surface area contributed by atoms with Crippen molar-refractivity contribution in [2.75, 3.05) is 0 Å². The van der Waals surface area contributed by atoms with E-state index in [1.54, 1.807) is 27.7 Å². The van der Waals surface area contributed by atoms with Crippen LogP contribution in [-0.4, -0.2) is 33.1 Å². The van der Waals surface area contributed by atoms with Gasteiger partial charge in [-0.3, -0.25) is 4.79 Å². The number of nitrogens with one attached hydrogen (secondary N) is 1. The second kappa shape index (κ2) is 6.09. The third kappa shape index (κ3) is 5.08. The summed E-state index contributed by atoms with van der Waals surface area (Å²) in [6.45, 7) is 12.8. The van der Waals surface area contributed by atoms with Crippen LogP contribution in [0.15, 0.2) is 0 Å². The van der Waals surface area contributed by atoms with Crippen LogP contribution < -0.4 is 5.32 Å². The van der Waals surface area contributed by atoms with Gasteiger partial charge in [-0.05, 0) is 39.2 Å². The molecule has 118 valence electrons. The Balaban J connectivity index is 2.79. The summed E-state index contributed by atoms with van der Waals surface area (Å²) < 4.78 is 9.07. The number of nitrogens with zero attached hydrogens (tertiary/aromatic N) is 2. The molecule has 21 heavy (non-hydrogen) atoms. The second-order valence-corrected chi connectivity index (χ2v) is 7.68. The fourth-order valence-electron chi connectivity index (χ4n) is 1.54. The molecule has 0 aliphatic rings. The molecule has 0 radical (unpaired) electrons. The van der Waals surface area contributed by atoms with Crippen molar-refractivity contribution in [1.29, 1.82) is 0 Å². The van der Waals surface area contributed by atoms with Gasteiger partial charge in [0, 0.05) is 5.41 Å². The van der Waals surface area contributed by atoms with Crippen molar-refractivity contribution in [2.45, 2.75) is 65.5 Å². The highest BCUT2D eigenvalue weighted by Gasteiger charge is 2.29. The number of hydrogen-bond donors (Lipinski definition) is 1. The zero-order valence-electron chi connectivity index (χ0n) is 13.6. The minimum atomic E-state index is -0.730. The lowest BCUT2D eigenvalue weighted by molar-refractivity contribution is -0.156. The number of carbonyl (C=O) groups excluding carboxylic acids is 2. The van der Waals surface area contributed by atoms with Crippen molar-refractivity contribution in [3.05, 3.63) is 10.6 Å². The number of ether oxygens (including phenoxy) is 1. The van der Waals surface area contributed by atoms with Crippen molar-refractivity contribution in [1.82, 2.24) is 14.9 Å². The van der Waals surface area contributed by atoms with Crippen molar-refractivity contribution in [3.8, 4) is 0 Å². The Bertz CT molecular complexity index is 526. The van der Waals surface area contributed by atoms with Gasteiger partial charge in [0.2, 0.25) is 0 Å². The molecule has 6 nitrogen and oxygen atoms in total. The van der Waals surface area contributed by atoms with E-state index in [9.17, 15) is 9.59 Å². The molecule has 0 saturated heterocycles. The fraction of sp³-hybridized carbons (Fsp3) is 0.714. The van der Waals surface area contributed by atoms with Crippen LogP contribution in [0.2, 0.25) is 0 Å². The van der Waals surface area contributed by atoms with Crippen LogP contribution in [0.3, 0.4) is 0 Å². The van der Waals surface area contributed by atoms with E-state index in [-0.39, 0.29) is 11.3 Å². The lowest BCUT2D eigenvalue weighted by Gasteiger charge is -2.23. The maximum atomic E-state index is 12.3. The van der Waals surface area contributed by atoms with Crippen LogP contribution in [0.4, 0.5) is 0 Å². The van der Waals surface area contributed by atoms with Gasteiger partial charge in [0.1, 0.15) is 16.5 Å². The van der Waals surface area contributed by atoms with Gasteiger partial charge in [0.25, 0.3) is 5.91 Å². The van der Waals surface area contributed by atoms with Gasteiger partial charge >= 0.3 is 5.97 Å². The molecule has 0 fully saturated rings. The van der Waals surface area contributed by atoms with E-state index in [2.05, 4.69) is 14.9 Å². The number of esters is 1. The zero-order valence-corrected chi connectivity index (χ0v) is 14.4. The monoisotopic (exact) mass is 313 g/mol. The maximum Gasteiger partial charge on any atom is 0.328 e. The second-order valence-electron chi connectivity index (χ2n) is 6.93. The summed E-state index contributed by atoms with van der Waals surface area (Å²) in [5, 5.41) is 6.65. The van der Waals surface area contributed by atoms with Crippen LogP contribution in [-0.2, 0) is 14.9 Å². The Labute approximate surface area is 129 Å². The van der Waals surface area contributed by atoms with Gasteiger partial charge in [0.05, 0.1) is 5.69 Å². The summed E-state index contributed by atoms with van der Waals surface area (Å²) in [6.07, 6.45) is 0. The number of carbonyl (C=O) groups is 2. The molecule has 1 aromatic heterocycles. The molecular weight excluding hydrogens is 290 g/mol. The fourth-order valence-corrected chi connectivity index (χ4v) is 2.32. The number of rotatable bonds is 3. The minimum Gasteiger partial charge on any atom is -0.458 e. The molecule has 7 heteroatoms. The highest BCUT2D eigenvalue weighted by molar-refractivity contribution is 7.08. The molecule has 0 aliphatic heterocycles. The summed E-state index contributed by atoms with van der Waals surface area (Å²) in [7, 11) is 0. The number of aromatic nitrogens is 2. The standard InChI is InChI=1S/C14H23N3O3S/c1-8(12(19)20-14(5,6)7)15-11(18)9-10(13(2,3)4)16-17-21-9/h8H,1-7H3,(H,15,18)/t8-/m0/s1. The molecule has 0 unspecified atom stereocenters. The van der Waals surface area contributed by atoms with E-state index in [1.807, 2.05) is 20.8 Å². The van der Waals surface area contributed by atoms with E-state index in [0.29, 0.717) is 10.6 Å². The Morgan fingerprint density at radius 2 is 1.76 bits per heavy atom. The minimum absolute atomic E-state index is 0.283. The first-order chi connectivity index (χ1) is 9.42. The van der Waals surface area contributed by atoms with Gasteiger partial charge in [0.15, 0.2) is 0 Å². The van der Waals surface area contributed by atoms with Gasteiger partial charge in [-0.1, -0.05) is 25.3 Å². The van der Waals surface area contributed by atoms with Crippen LogP contribution in [0.1, 0.15) is 63.8 Å². The molecule has 0 spiro atoms. The van der Waals surface area contributed by atoms with Crippen molar-refractivity contribution in [2.24, 2.45) is 0 Å². The maximum absolute atomic E-state index is 12.3. The van der Waals surface area contributed by atoms with Crippen LogP contribution in [0.5, 0.6) is 0 Å². The molecular formula is C14H23N3O3S. The summed E-state index contributed by atoms with van der Waals surface area (Å²) in [5.74, 6) is -0.820. The molecule has 0 aromatic carbocycles. The molecule has 1 aromatic rings. The molecule has 0 bridgehead atoms. The lowest BCUT2D eigenvalue weighted by Crippen LogP contribution is -2.42. The highest BCUT2D eigenvalue weighted by Crippen LogP contribution is 2.25. The van der Waals surface area contributed by atoms with Crippen molar-refractivity contribution < 1.29 is 14.3 Å². The van der Waals surface area contributed by atoms with E-state index in [0.717, 1.165) is 11.5 Å². The largest absolute Gasteiger partial charge is 0.458 e. The van der Waals surface area contributed by atoms with E-state index >= 15 is 0 Å². The topological polar surface area (TPSA) is 81.2 Å². The normalized spacial score (nSPS) is 13.7. The molecule has 0 saturated carbocycles. The van der Waals surface area contributed by atoms with E-state index in [1.165, 1.54) is 0 Å². The van der Waals surface area contributed by atoms with Crippen molar-refractivity contribution in [3.63, 3.8) is 0 Å². The third-order valence-corrected chi connectivity index (χ3v) is 3.24. The average molecular weight is 313 g/mol. The van der Waals surface area contributed by atoms with Gasteiger partial charge in [-0.25, -0.2) is 4.79 Å².